The Hall–Kier alpha value is -2.69. The van der Waals surface area contributed by atoms with Gasteiger partial charge in [-0.25, -0.2) is 0 Å². The van der Waals surface area contributed by atoms with Crippen LogP contribution in [0.3, 0.4) is 0 Å². The molecule has 1 fully saturated rings. The number of benzene rings is 1. The summed E-state index contributed by atoms with van der Waals surface area (Å²) < 4.78 is 15.5. The number of aliphatic hydroxyl groups excluding tert-OH is 2. The number of ketones is 1. The fourth-order valence-corrected chi connectivity index (χ4v) is 3.16. The summed E-state index contributed by atoms with van der Waals surface area (Å²) in [5.74, 6) is -0.728. The monoisotopic (exact) mass is 422 g/mol. The van der Waals surface area contributed by atoms with Crippen molar-refractivity contribution in [3.05, 3.63) is 23.8 Å². The van der Waals surface area contributed by atoms with Crippen LogP contribution in [0.4, 0.5) is 0 Å². The van der Waals surface area contributed by atoms with E-state index in [0.29, 0.717) is 17.9 Å². The quantitative estimate of drug-likeness (QED) is 0.365. The summed E-state index contributed by atoms with van der Waals surface area (Å²) >= 11 is 0. The predicted molar refractivity (Wildman–Crippen MR) is 103 cm³/mol. The van der Waals surface area contributed by atoms with Crippen molar-refractivity contribution >= 4 is 17.6 Å². The van der Waals surface area contributed by atoms with Crippen molar-refractivity contribution in [3.63, 3.8) is 0 Å². The van der Waals surface area contributed by atoms with Gasteiger partial charge in [-0.15, -0.1) is 0 Å². The lowest BCUT2D eigenvalue weighted by molar-refractivity contribution is -0.133. The molecule has 10 heteroatoms. The highest BCUT2D eigenvalue weighted by molar-refractivity contribution is 6.00. The Bertz CT molecular complexity index is 821. The zero-order valence-electron chi connectivity index (χ0n) is 16.8. The summed E-state index contributed by atoms with van der Waals surface area (Å²) in [6, 6.07) is 2.38. The summed E-state index contributed by atoms with van der Waals surface area (Å²) in [6.45, 7) is 2.80. The van der Waals surface area contributed by atoms with Crippen LogP contribution in [-0.2, 0) is 14.3 Å². The Kier molecular flexibility index (Phi) is 6.59. The lowest BCUT2D eigenvalue weighted by Crippen LogP contribution is -2.55. The fourth-order valence-electron chi connectivity index (χ4n) is 3.16. The molecule has 2 heterocycles. The smallest absolute Gasteiger partial charge is 0.252 e. The Morgan fingerprint density at radius 1 is 1.10 bits per heavy atom. The lowest BCUT2D eigenvalue weighted by atomic mass is 9.92. The van der Waals surface area contributed by atoms with E-state index >= 15 is 0 Å². The molecule has 3 rings (SSSR count). The van der Waals surface area contributed by atoms with Gasteiger partial charge in [-0.2, -0.15) is 0 Å². The molecular formula is C20H26N2O8. The minimum atomic E-state index is -1.28. The topological polar surface area (TPSA) is 147 Å². The number of rotatable bonds is 10. The number of Topliss-reactive ketones (excluding diaryl/α,β-unsaturated/α-hetero) is 1. The number of amides is 2. The maximum absolute atomic E-state index is 12.7. The molecule has 3 atom stereocenters. The third kappa shape index (κ3) is 4.72. The fraction of sp³-hybridized carbons (Fsp3) is 0.550. The molecule has 0 saturated carbocycles. The van der Waals surface area contributed by atoms with E-state index in [0.717, 1.165) is 0 Å². The molecule has 2 aliphatic heterocycles. The van der Waals surface area contributed by atoms with E-state index in [-0.39, 0.29) is 24.9 Å². The molecule has 0 radical (unpaired) electrons. The second-order valence-corrected chi connectivity index (χ2v) is 7.77. The number of aliphatic hydroxyl groups is 2. The first-order valence-corrected chi connectivity index (χ1v) is 9.70. The largest absolute Gasteiger partial charge is 0.454 e. The molecule has 10 nitrogen and oxygen atoms in total. The summed E-state index contributed by atoms with van der Waals surface area (Å²) in [5, 5.41) is 24.1. The van der Waals surface area contributed by atoms with Gasteiger partial charge < -0.3 is 35.1 Å². The molecule has 3 unspecified atom stereocenters. The van der Waals surface area contributed by atoms with E-state index in [9.17, 15) is 24.6 Å². The number of carbonyl (C=O) groups excluding carboxylic acids is 3. The van der Waals surface area contributed by atoms with Crippen LogP contribution in [0.5, 0.6) is 11.5 Å². The van der Waals surface area contributed by atoms with E-state index in [4.69, 9.17) is 14.2 Å². The Morgan fingerprint density at radius 3 is 2.40 bits per heavy atom. The van der Waals surface area contributed by atoms with Crippen LogP contribution in [0, 0.1) is 5.92 Å². The van der Waals surface area contributed by atoms with E-state index < -0.39 is 48.5 Å². The van der Waals surface area contributed by atoms with E-state index in [1.165, 1.54) is 12.1 Å². The first kappa shape index (κ1) is 22.0. The molecule has 0 aliphatic carbocycles. The van der Waals surface area contributed by atoms with E-state index in [1.54, 1.807) is 6.07 Å². The second-order valence-electron chi connectivity index (χ2n) is 7.77. The first-order valence-electron chi connectivity index (χ1n) is 9.70. The average molecular weight is 422 g/mol. The number of carbonyl (C=O) groups is 3. The van der Waals surface area contributed by atoms with Crippen LogP contribution >= 0.6 is 0 Å². The lowest BCUT2D eigenvalue weighted by Gasteiger charge is -2.24. The maximum Gasteiger partial charge on any atom is 0.252 e. The van der Waals surface area contributed by atoms with Crippen LogP contribution < -0.4 is 20.1 Å². The summed E-state index contributed by atoms with van der Waals surface area (Å²) in [4.78, 5) is 37.9. The molecular weight excluding hydrogens is 396 g/mol. The molecule has 0 spiro atoms. The van der Waals surface area contributed by atoms with E-state index in [1.807, 2.05) is 13.8 Å². The third-order valence-corrected chi connectivity index (χ3v) is 4.98. The SMILES string of the molecule is CC(C)CC(NC(=O)C(CO)NC(=O)c1ccc2c(c1)OCO2)C(=O)C1(CO)CO1. The molecule has 0 bridgehead atoms. The van der Waals surface area contributed by atoms with Gasteiger partial charge in [0.2, 0.25) is 12.7 Å². The van der Waals surface area contributed by atoms with Gasteiger partial charge in [-0.05, 0) is 30.5 Å². The van der Waals surface area contributed by atoms with Crippen molar-refractivity contribution in [1.82, 2.24) is 10.6 Å². The van der Waals surface area contributed by atoms with E-state index in [2.05, 4.69) is 10.6 Å². The number of epoxide rings is 1. The molecule has 30 heavy (non-hydrogen) atoms. The minimum absolute atomic E-state index is 0.0619. The summed E-state index contributed by atoms with van der Waals surface area (Å²) in [5.41, 5.74) is -1.05. The molecule has 164 valence electrons. The van der Waals surface area contributed by atoms with Crippen LogP contribution in [0.1, 0.15) is 30.6 Å². The van der Waals surface area contributed by atoms with Crippen LogP contribution in [0.2, 0.25) is 0 Å². The standard InChI is InChI=1S/C20H26N2O8/c1-11(2)5-13(17(25)20(8-24)9-30-20)21-19(27)14(7-23)22-18(26)12-3-4-15-16(6-12)29-10-28-15/h3-4,6,11,13-14,23-24H,5,7-10H2,1-2H3,(H,21,27)(H,22,26). The number of hydrogen-bond donors (Lipinski definition) is 4. The number of fused-ring (bicyclic) bond motifs is 1. The highest BCUT2D eigenvalue weighted by Gasteiger charge is 2.54. The molecule has 1 aromatic carbocycles. The summed E-state index contributed by atoms with van der Waals surface area (Å²) in [7, 11) is 0. The molecule has 1 aromatic rings. The maximum atomic E-state index is 12.7. The predicted octanol–water partition coefficient (Wildman–Crippen LogP) is -0.633. The van der Waals surface area contributed by atoms with Gasteiger partial charge in [0.15, 0.2) is 22.9 Å². The van der Waals surface area contributed by atoms with Gasteiger partial charge in [-0.3, -0.25) is 14.4 Å². The van der Waals surface area contributed by atoms with Crippen molar-refractivity contribution in [2.24, 2.45) is 5.92 Å². The van der Waals surface area contributed by atoms with Crippen molar-refractivity contribution in [2.45, 2.75) is 38.0 Å². The van der Waals surface area contributed by atoms with Crippen molar-refractivity contribution in [1.29, 1.82) is 0 Å². The van der Waals surface area contributed by atoms with Crippen LogP contribution in [0.15, 0.2) is 18.2 Å². The van der Waals surface area contributed by atoms with Gasteiger partial charge in [0.1, 0.15) is 6.04 Å². The molecule has 1 saturated heterocycles. The van der Waals surface area contributed by atoms with Gasteiger partial charge >= 0.3 is 0 Å². The number of hydrogen-bond acceptors (Lipinski definition) is 8. The Morgan fingerprint density at radius 2 is 1.80 bits per heavy atom. The van der Waals surface area contributed by atoms with Crippen LogP contribution in [0.25, 0.3) is 0 Å². The highest BCUT2D eigenvalue weighted by Crippen LogP contribution is 2.32. The van der Waals surface area contributed by atoms with Gasteiger partial charge in [-0.1, -0.05) is 13.8 Å². The molecule has 4 N–H and O–H groups in total. The molecule has 2 amide bonds. The van der Waals surface area contributed by atoms with Gasteiger partial charge in [0.05, 0.1) is 25.9 Å². The summed E-state index contributed by atoms with van der Waals surface area (Å²) in [6.07, 6.45) is 0.323. The van der Waals surface area contributed by atoms with Crippen molar-refractivity contribution < 1.29 is 38.8 Å². The number of nitrogens with one attached hydrogen (secondary N) is 2. The molecule has 0 aromatic heterocycles. The zero-order chi connectivity index (χ0) is 21.9. The second kappa shape index (κ2) is 8.99. The molecule has 2 aliphatic rings. The van der Waals surface area contributed by atoms with Crippen molar-refractivity contribution in [2.75, 3.05) is 26.6 Å². The average Bonchev–Trinajstić information content (AvgIpc) is 3.39. The van der Waals surface area contributed by atoms with Gasteiger partial charge in [0.25, 0.3) is 5.91 Å². The first-order chi connectivity index (χ1) is 14.3. The Labute approximate surface area is 173 Å². The van der Waals surface area contributed by atoms with Crippen LogP contribution in [-0.4, -0.2) is 72.1 Å². The normalized spacial score (nSPS) is 21.1. The van der Waals surface area contributed by atoms with Gasteiger partial charge in [0, 0.05) is 5.56 Å². The minimum Gasteiger partial charge on any atom is -0.454 e. The van der Waals surface area contributed by atoms with Crippen molar-refractivity contribution in [3.8, 4) is 11.5 Å². The zero-order valence-corrected chi connectivity index (χ0v) is 16.8. The number of ether oxygens (including phenoxy) is 3. The third-order valence-electron chi connectivity index (χ3n) is 4.98. The Balaban J connectivity index is 1.66. The highest BCUT2D eigenvalue weighted by atomic mass is 16.7.